The highest BCUT2D eigenvalue weighted by Crippen LogP contribution is 2.30. The molecule has 190 valence electrons. The molecule has 0 aliphatic heterocycles. The van der Waals surface area contributed by atoms with Gasteiger partial charge in [0.05, 0.1) is 11.9 Å². The molecule has 2 aromatic heterocycles. The van der Waals surface area contributed by atoms with Crippen molar-refractivity contribution < 1.29 is 18.4 Å². The van der Waals surface area contributed by atoms with Gasteiger partial charge in [0.2, 0.25) is 5.91 Å². The van der Waals surface area contributed by atoms with E-state index in [0.29, 0.717) is 35.0 Å². The zero-order valence-electron chi connectivity index (χ0n) is 20.3. The van der Waals surface area contributed by atoms with Gasteiger partial charge in [0.1, 0.15) is 11.7 Å². The van der Waals surface area contributed by atoms with Crippen LogP contribution in [0.3, 0.4) is 0 Å². The van der Waals surface area contributed by atoms with Crippen LogP contribution in [0, 0.1) is 5.92 Å². The standard InChI is InChI=1S/C26H30F2N6O2/c1-26(27,28)23-14-20(10-11-29-23)31-19-9-5-8-18(13-19)24(35)33-22(12-17-6-3-4-7-17)25(36)32-21-15-30-34(2)16-21/h5,8-11,13-17,22H,3-4,6-7,12H2,1-2H3,(H,29,31)(H,32,36)(H,33,35)/t22-/m0/s1. The fourth-order valence-electron chi connectivity index (χ4n) is 4.42. The number of nitrogens with one attached hydrogen (secondary N) is 3. The van der Waals surface area contributed by atoms with Crippen LogP contribution in [-0.2, 0) is 17.8 Å². The summed E-state index contributed by atoms with van der Waals surface area (Å²) in [6.07, 6.45) is 9.45. The van der Waals surface area contributed by atoms with Gasteiger partial charge in [-0.2, -0.15) is 13.9 Å². The predicted molar refractivity (Wildman–Crippen MR) is 133 cm³/mol. The molecule has 1 aliphatic rings. The van der Waals surface area contributed by atoms with Crippen LogP contribution in [0.1, 0.15) is 55.1 Å². The van der Waals surface area contributed by atoms with Crippen molar-refractivity contribution in [3.63, 3.8) is 0 Å². The lowest BCUT2D eigenvalue weighted by molar-refractivity contribution is -0.118. The Morgan fingerprint density at radius 1 is 1.14 bits per heavy atom. The van der Waals surface area contributed by atoms with Crippen LogP contribution >= 0.6 is 0 Å². The Morgan fingerprint density at radius 2 is 1.89 bits per heavy atom. The topological polar surface area (TPSA) is 101 Å². The second kappa shape index (κ2) is 10.8. The number of amides is 2. The molecule has 0 spiro atoms. The first kappa shape index (κ1) is 25.3. The molecule has 4 rings (SSSR count). The van der Waals surface area contributed by atoms with Gasteiger partial charge in [-0.15, -0.1) is 0 Å². The number of rotatable bonds is 9. The van der Waals surface area contributed by atoms with E-state index in [4.69, 9.17) is 0 Å². The maximum atomic E-state index is 13.6. The molecule has 2 amide bonds. The predicted octanol–water partition coefficient (Wildman–Crippen LogP) is 4.99. The number of benzene rings is 1. The monoisotopic (exact) mass is 496 g/mol. The maximum absolute atomic E-state index is 13.6. The molecule has 1 atom stereocenters. The Hall–Kier alpha value is -3.82. The van der Waals surface area contributed by atoms with Crippen molar-refractivity contribution >= 4 is 28.9 Å². The summed E-state index contributed by atoms with van der Waals surface area (Å²) in [5, 5.41) is 12.8. The van der Waals surface area contributed by atoms with E-state index in [1.807, 2.05) is 0 Å². The molecule has 0 bridgehead atoms. The molecule has 3 N–H and O–H groups in total. The Kier molecular flexibility index (Phi) is 7.61. The Morgan fingerprint density at radius 3 is 2.58 bits per heavy atom. The number of aromatic nitrogens is 3. The Bertz CT molecular complexity index is 1220. The van der Waals surface area contributed by atoms with Crippen molar-refractivity contribution in [1.82, 2.24) is 20.1 Å². The lowest BCUT2D eigenvalue weighted by atomic mass is 9.97. The zero-order valence-corrected chi connectivity index (χ0v) is 20.3. The minimum absolute atomic E-state index is 0.290. The van der Waals surface area contributed by atoms with Crippen molar-refractivity contribution in [2.75, 3.05) is 10.6 Å². The minimum atomic E-state index is -3.07. The molecule has 1 saturated carbocycles. The first-order chi connectivity index (χ1) is 17.2. The quantitative estimate of drug-likeness (QED) is 0.388. The lowest BCUT2D eigenvalue weighted by Crippen LogP contribution is -2.44. The summed E-state index contributed by atoms with van der Waals surface area (Å²) in [5.74, 6) is -3.37. The van der Waals surface area contributed by atoms with E-state index in [9.17, 15) is 18.4 Å². The van der Waals surface area contributed by atoms with Gasteiger partial charge in [-0.1, -0.05) is 31.7 Å². The highest BCUT2D eigenvalue weighted by Gasteiger charge is 2.28. The van der Waals surface area contributed by atoms with Gasteiger partial charge in [-0.05, 0) is 42.7 Å². The van der Waals surface area contributed by atoms with Crippen molar-refractivity contribution in [3.05, 3.63) is 66.2 Å². The number of aryl methyl sites for hydroxylation is 1. The summed E-state index contributed by atoms with van der Waals surface area (Å²) in [6.45, 7) is 0.788. The van der Waals surface area contributed by atoms with Crippen molar-refractivity contribution in [2.24, 2.45) is 13.0 Å². The smallest absolute Gasteiger partial charge is 0.287 e. The molecule has 0 unspecified atom stereocenters. The van der Waals surface area contributed by atoms with Gasteiger partial charge in [-0.3, -0.25) is 19.3 Å². The normalized spacial score (nSPS) is 14.9. The number of carbonyl (C=O) groups is 2. The summed E-state index contributed by atoms with van der Waals surface area (Å²) >= 11 is 0. The summed E-state index contributed by atoms with van der Waals surface area (Å²) in [5.41, 5.74) is 1.53. The number of carbonyl (C=O) groups excluding carboxylic acids is 2. The van der Waals surface area contributed by atoms with Crippen molar-refractivity contribution in [3.8, 4) is 0 Å². The molecule has 0 radical (unpaired) electrons. The van der Waals surface area contributed by atoms with Crippen LogP contribution in [-0.4, -0.2) is 32.6 Å². The number of pyridine rings is 1. The van der Waals surface area contributed by atoms with Gasteiger partial charge in [0.25, 0.3) is 11.8 Å². The average molecular weight is 497 g/mol. The number of halogens is 2. The number of hydrogen-bond donors (Lipinski definition) is 3. The summed E-state index contributed by atoms with van der Waals surface area (Å²) in [6, 6.07) is 8.82. The van der Waals surface area contributed by atoms with Crippen molar-refractivity contribution in [1.29, 1.82) is 0 Å². The third-order valence-electron chi connectivity index (χ3n) is 6.26. The molecule has 36 heavy (non-hydrogen) atoms. The number of alkyl halides is 2. The first-order valence-electron chi connectivity index (χ1n) is 12.0. The fraction of sp³-hybridized carbons (Fsp3) is 0.385. The molecule has 1 aliphatic carbocycles. The van der Waals surface area contributed by atoms with Crippen LogP contribution in [0.5, 0.6) is 0 Å². The highest BCUT2D eigenvalue weighted by atomic mass is 19.3. The number of nitrogens with zero attached hydrogens (tertiary/aromatic N) is 3. The van der Waals surface area contributed by atoms with E-state index in [2.05, 4.69) is 26.0 Å². The molecular weight excluding hydrogens is 466 g/mol. The lowest BCUT2D eigenvalue weighted by Gasteiger charge is -2.21. The van der Waals surface area contributed by atoms with Crippen LogP contribution in [0.2, 0.25) is 0 Å². The van der Waals surface area contributed by atoms with Crippen LogP contribution in [0.15, 0.2) is 55.0 Å². The summed E-state index contributed by atoms with van der Waals surface area (Å²) in [4.78, 5) is 29.9. The first-order valence-corrected chi connectivity index (χ1v) is 12.0. The second-order valence-corrected chi connectivity index (χ2v) is 9.33. The SMILES string of the molecule is Cn1cc(NC(=O)[C@H](CC2CCCC2)NC(=O)c2cccc(Nc3ccnc(C(C)(F)F)c3)c2)cn1. The molecule has 1 fully saturated rings. The second-order valence-electron chi connectivity index (χ2n) is 9.33. The minimum Gasteiger partial charge on any atom is -0.355 e. The maximum Gasteiger partial charge on any atom is 0.287 e. The van der Waals surface area contributed by atoms with Crippen LogP contribution < -0.4 is 16.0 Å². The number of hydrogen-bond acceptors (Lipinski definition) is 5. The van der Waals surface area contributed by atoms with Crippen LogP contribution in [0.4, 0.5) is 25.8 Å². The van der Waals surface area contributed by atoms with Gasteiger partial charge in [0.15, 0.2) is 0 Å². The van der Waals surface area contributed by atoms with Gasteiger partial charge >= 0.3 is 0 Å². The number of anilines is 3. The average Bonchev–Trinajstić information content (AvgIpc) is 3.50. The molecular formula is C26H30F2N6O2. The van der Waals surface area contributed by atoms with Crippen LogP contribution in [0.25, 0.3) is 0 Å². The van der Waals surface area contributed by atoms with E-state index in [0.717, 1.165) is 32.6 Å². The van der Waals surface area contributed by atoms with Crippen molar-refractivity contribution in [2.45, 2.75) is 51.0 Å². The van der Waals surface area contributed by atoms with E-state index in [1.165, 1.54) is 12.3 Å². The summed E-state index contributed by atoms with van der Waals surface area (Å²) in [7, 11) is 1.76. The van der Waals surface area contributed by atoms with Gasteiger partial charge < -0.3 is 16.0 Å². The third-order valence-corrected chi connectivity index (χ3v) is 6.26. The van der Waals surface area contributed by atoms with E-state index in [1.54, 1.807) is 54.5 Å². The van der Waals surface area contributed by atoms with E-state index < -0.39 is 17.9 Å². The largest absolute Gasteiger partial charge is 0.355 e. The molecule has 10 heteroatoms. The molecule has 2 heterocycles. The highest BCUT2D eigenvalue weighted by molar-refractivity contribution is 6.01. The van der Waals surface area contributed by atoms with Gasteiger partial charge in [0, 0.05) is 43.3 Å². The Balaban J connectivity index is 1.47. The Labute approximate surface area is 208 Å². The van der Waals surface area contributed by atoms with Gasteiger partial charge in [-0.25, -0.2) is 0 Å². The van der Waals surface area contributed by atoms with E-state index >= 15 is 0 Å². The summed E-state index contributed by atoms with van der Waals surface area (Å²) < 4.78 is 28.9. The molecule has 1 aromatic carbocycles. The molecule has 0 saturated heterocycles. The third kappa shape index (κ3) is 6.65. The molecule has 3 aromatic rings. The van der Waals surface area contributed by atoms with E-state index in [-0.39, 0.29) is 11.6 Å². The zero-order chi connectivity index (χ0) is 25.7. The fourth-order valence-corrected chi connectivity index (χ4v) is 4.42. The molecule has 8 nitrogen and oxygen atoms in total.